The first kappa shape index (κ1) is 17.5. The molecule has 0 aliphatic rings. The highest BCUT2D eigenvalue weighted by atomic mass is 35.5. The van der Waals surface area contributed by atoms with E-state index in [0.717, 1.165) is 5.69 Å². The Labute approximate surface area is 155 Å². The van der Waals surface area contributed by atoms with Crippen LogP contribution in [0, 0.1) is 0 Å². The van der Waals surface area contributed by atoms with E-state index in [1.165, 1.54) is 18.3 Å². The average Bonchev–Trinajstić information content (AvgIpc) is 2.59. The van der Waals surface area contributed by atoms with Gasteiger partial charge < -0.3 is 5.32 Å². The second kappa shape index (κ2) is 7.31. The maximum atomic E-state index is 12.4. The molecular formula is C17H13Cl2N3O2S. The number of pyridine rings is 1. The molecule has 2 aromatic carbocycles. The van der Waals surface area contributed by atoms with Gasteiger partial charge in [-0.3, -0.25) is 4.72 Å². The minimum absolute atomic E-state index is 0.0139. The summed E-state index contributed by atoms with van der Waals surface area (Å²) in [5.74, 6) is 0.572. The molecule has 1 heterocycles. The molecule has 0 bridgehead atoms. The van der Waals surface area contributed by atoms with Crippen molar-refractivity contribution in [2.45, 2.75) is 4.90 Å². The fraction of sp³-hybridized carbons (Fsp3) is 0. The first-order chi connectivity index (χ1) is 11.9. The standard InChI is InChI=1S/C17H13Cl2N3O2S/c18-12-5-7-13(8-6-12)21-17-10-9-14(11-20-17)22-25(23,24)16-4-2-1-3-15(16)19/h1-11,22H,(H,20,21). The van der Waals surface area contributed by atoms with E-state index in [1.54, 1.807) is 36.4 Å². The van der Waals surface area contributed by atoms with Gasteiger partial charge in [0.15, 0.2) is 0 Å². The number of aromatic nitrogens is 1. The van der Waals surface area contributed by atoms with Crippen LogP contribution in [0.5, 0.6) is 0 Å². The van der Waals surface area contributed by atoms with Gasteiger partial charge in [-0.05, 0) is 48.5 Å². The van der Waals surface area contributed by atoms with Crippen molar-refractivity contribution < 1.29 is 8.42 Å². The van der Waals surface area contributed by atoms with Gasteiger partial charge in [-0.25, -0.2) is 13.4 Å². The molecule has 0 aliphatic carbocycles. The molecule has 0 fully saturated rings. The van der Waals surface area contributed by atoms with Gasteiger partial charge in [0.25, 0.3) is 10.0 Å². The third kappa shape index (κ3) is 4.42. The van der Waals surface area contributed by atoms with Crippen LogP contribution >= 0.6 is 23.2 Å². The Morgan fingerprint density at radius 2 is 1.52 bits per heavy atom. The number of benzene rings is 2. The Balaban J connectivity index is 1.74. The molecule has 0 atom stereocenters. The summed E-state index contributed by atoms with van der Waals surface area (Å²) in [5.41, 5.74) is 1.16. The highest BCUT2D eigenvalue weighted by Crippen LogP contribution is 2.24. The van der Waals surface area contributed by atoms with Crippen LogP contribution in [0.3, 0.4) is 0 Å². The van der Waals surface area contributed by atoms with Gasteiger partial charge in [-0.1, -0.05) is 35.3 Å². The van der Waals surface area contributed by atoms with Gasteiger partial charge in [0, 0.05) is 10.7 Å². The average molecular weight is 394 g/mol. The first-order valence-electron chi connectivity index (χ1n) is 7.20. The van der Waals surface area contributed by atoms with Crippen molar-refractivity contribution in [2.24, 2.45) is 0 Å². The molecule has 1 aromatic heterocycles. The van der Waals surface area contributed by atoms with Crippen LogP contribution < -0.4 is 10.0 Å². The monoisotopic (exact) mass is 393 g/mol. The summed E-state index contributed by atoms with van der Waals surface area (Å²) in [6, 6.07) is 16.7. The van der Waals surface area contributed by atoms with Gasteiger partial charge in [0.1, 0.15) is 10.7 Å². The van der Waals surface area contributed by atoms with Crippen molar-refractivity contribution in [2.75, 3.05) is 10.0 Å². The number of anilines is 3. The van der Waals surface area contributed by atoms with Crippen LogP contribution in [-0.2, 0) is 10.0 Å². The van der Waals surface area contributed by atoms with Crippen LogP contribution in [0.25, 0.3) is 0 Å². The van der Waals surface area contributed by atoms with E-state index in [9.17, 15) is 8.42 Å². The fourth-order valence-electron chi connectivity index (χ4n) is 2.08. The van der Waals surface area contributed by atoms with E-state index in [-0.39, 0.29) is 9.92 Å². The van der Waals surface area contributed by atoms with E-state index in [4.69, 9.17) is 23.2 Å². The van der Waals surface area contributed by atoms with Crippen LogP contribution in [-0.4, -0.2) is 13.4 Å². The first-order valence-corrected chi connectivity index (χ1v) is 9.44. The van der Waals surface area contributed by atoms with E-state index < -0.39 is 10.0 Å². The molecule has 0 spiro atoms. The molecule has 2 N–H and O–H groups in total. The molecule has 8 heteroatoms. The van der Waals surface area contributed by atoms with Crippen molar-refractivity contribution in [3.63, 3.8) is 0 Å². The third-order valence-electron chi connectivity index (χ3n) is 3.26. The molecule has 0 aliphatic heterocycles. The van der Waals surface area contributed by atoms with Crippen molar-refractivity contribution in [3.8, 4) is 0 Å². The normalized spacial score (nSPS) is 11.1. The van der Waals surface area contributed by atoms with E-state index in [2.05, 4.69) is 15.0 Å². The van der Waals surface area contributed by atoms with Crippen LogP contribution in [0.4, 0.5) is 17.2 Å². The maximum absolute atomic E-state index is 12.4. The van der Waals surface area contributed by atoms with Crippen molar-refractivity contribution in [1.82, 2.24) is 4.98 Å². The minimum atomic E-state index is -3.78. The molecule has 3 aromatic rings. The summed E-state index contributed by atoms with van der Waals surface area (Å²) in [5, 5.41) is 3.89. The lowest BCUT2D eigenvalue weighted by Gasteiger charge is -2.10. The lowest BCUT2D eigenvalue weighted by atomic mass is 10.3. The Bertz CT molecular complexity index is 976. The van der Waals surface area contributed by atoms with Crippen LogP contribution in [0.15, 0.2) is 71.8 Å². The zero-order valence-electron chi connectivity index (χ0n) is 12.8. The van der Waals surface area contributed by atoms with Gasteiger partial charge >= 0.3 is 0 Å². The van der Waals surface area contributed by atoms with Crippen molar-refractivity contribution >= 4 is 50.4 Å². The predicted octanol–water partition coefficient (Wildman–Crippen LogP) is 4.93. The number of nitrogens with one attached hydrogen (secondary N) is 2. The number of rotatable bonds is 5. The molecule has 3 rings (SSSR count). The number of hydrogen-bond donors (Lipinski definition) is 2. The quantitative estimate of drug-likeness (QED) is 0.644. The summed E-state index contributed by atoms with van der Waals surface area (Å²) in [4.78, 5) is 4.21. The summed E-state index contributed by atoms with van der Waals surface area (Å²) in [7, 11) is -3.78. The van der Waals surface area contributed by atoms with Crippen LogP contribution in [0.1, 0.15) is 0 Å². The molecule has 0 unspecified atom stereocenters. The highest BCUT2D eigenvalue weighted by Gasteiger charge is 2.17. The second-order valence-electron chi connectivity index (χ2n) is 5.10. The summed E-state index contributed by atoms with van der Waals surface area (Å²) in [6.07, 6.45) is 1.42. The second-order valence-corrected chi connectivity index (χ2v) is 7.59. The summed E-state index contributed by atoms with van der Waals surface area (Å²) < 4.78 is 27.2. The lowest BCUT2D eigenvalue weighted by molar-refractivity contribution is 0.601. The van der Waals surface area contributed by atoms with E-state index in [0.29, 0.717) is 16.5 Å². The molecule has 0 amide bonds. The maximum Gasteiger partial charge on any atom is 0.263 e. The number of halogens is 2. The Morgan fingerprint density at radius 3 is 2.16 bits per heavy atom. The third-order valence-corrected chi connectivity index (χ3v) is 5.39. The zero-order chi connectivity index (χ0) is 17.9. The molecule has 5 nitrogen and oxygen atoms in total. The van der Waals surface area contributed by atoms with E-state index in [1.807, 2.05) is 12.1 Å². The summed E-state index contributed by atoms with van der Waals surface area (Å²) >= 11 is 11.8. The van der Waals surface area contributed by atoms with Gasteiger partial charge in [-0.15, -0.1) is 0 Å². The topological polar surface area (TPSA) is 71.1 Å². The van der Waals surface area contributed by atoms with Crippen LogP contribution in [0.2, 0.25) is 10.0 Å². The number of hydrogen-bond acceptors (Lipinski definition) is 4. The van der Waals surface area contributed by atoms with Gasteiger partial charge in [0.2, 0.25) is 0 Å². The largest absolute Gasteiger partial charge is 0.340 e. The molecular weight excluding hydrogens is 381 g/mol. The number of sulfonamides is 1. The Morgan fingerprint density at radius 1 is 0.840 bits per heavy atom. The predicted molar refractivity (Wildman–Crippen MR) is 101 cm³/mol. The minimum Gasteiger partial charge on any atom is -0.340 e. The SMILES string of the molecule is O=S(=O)(Nc1ccc(Nc2ccc(Cl)cc2)nc1)c1ccccc1Cl. The van der Waals surface area contributed by atoms with Crippen molar-refractivity contribution in [3.05, 3.63) is 76.9 Å². The number of nitrogens with zero attached hydrogens (tertiary/aromatic N) is 1. The lowest BCUT2D eigenvalue weighted by Crippen LogP contribution is -2.13. The fourth-order valence-corrected chi connectivity index (χ4v) is 3.77. The molecule has 0 saturated carbocycles. The van der Waals surface area contributed by atoms with Gasteiger partial charge in [-0.2, -0.15) is 0 Å². The smallest absolute Gasteiger partial charge is 0.263 e. The van der Waals surface area contributed by atoms with E-state index >= 15 is 0 Å². The Hall–Kier alpha value is -2.28. The highest BCUT2D eigenvalue weighted by molar-refractivity contribution is 7.92. The Kier molecular flexibility index (Phi) is 5.13. The molecule has 128 valence electrons. The molecule has 0 radical (unpaired) electrons. The molecule has 25 heavy (non-hydrogen) atoms. The zero-order valence-corrected chi connectivity index (χ0v) is 15.1. The van der Waals surface area contributed by atoms with Crippen molar-refractivity contribution in [1.29, 1.82) is 0 Å². The summed E-state index contributed by atoms with van der Waals surface area (Å²) in [6.45, 7) is 0. The van der Waals surface area contributed by atoms with Gasteiger partial charge in [0.05, 0.1) is 16.9 Å². The molecule has 0 saturated heterocycles.